The zero-order valence-corrected chi connectivity index (χ0v) is 7.84. The molecule has 0 heterocycles. The topological polar surface area (TPSA) is 17.1 Å². The van der Waals surface area contributed by atoms with Crippen molar-refractivity contribution in [1.82, 2.24) is 0 Å². The Hall–Kier alpha value is -1.08. The Kier molecular flexibility index (Phi) is 2.19. The van der Waals surface area contributed by atoms with Crippen LogP contribution in [0.25, 0.3) is 0 Å². The predicted octanol–water partition coefficient (Wildman–Crippen LogP) is 2.94. The number of fused-ring (bicyclic) bond motifs is 1. The van der Waals surface area contributed by atoms with Crippen LogP contribution in [0.15, 0.2) is 35.4 Å². The number of rotatable bonds is 0. The first-order valence-corrected chi connectivity index (χ1v) is 4.68. The third-order valence-corrected chi connectivity index (χ3v) is 2.61. The number of allylic oxidation sites excluding steroid dienone is 1. The summed E-state index contributed by atoms with van der Waals surface area (Å²) in [6.45, 7) is 0. The fraction of sp³-hybridized carbons (Fsp3) is 0.182. The van der Waals surface area contributed by atoms with E-state index in [1.54, 1.807) is 0 Å². The first-order valence-electron chi connectivity index (χ1n) is 4.25. The van der Waals surface area contributed by atoms with Gasteiger partial charge in [-0.25, -0.2) is 0 Å². The van der Waals surface area contributed by atoms with Crippen molar-refractivity contribution in [3.05, 3.63) is 46.5 Å². The van der Waals surface area contributed by atoms with E-state index in [0.717, 1.165) is 29.5 Å². The van der Waals surface area contributed by atoms with Gasteiger partial charge in [-0.05, 0) is 18.4 Å². The lowest BCUT2D eigenvalue weighted by Gasteiger charge is -2.15. The molecule has 0 radical (unpaired) electrons. The number of benzene rings is 1. The summed E-state index contributed by atoms with van der Waals surface area (Å²) in [6.07, 6.45) is 1.68. The van der Waals surface area contributed by atoms with Crippen LogP contribution >= 0.6 is 11.6 Å². The van der Waals surface area contributed by atoms with Gasteiger partial charge in [0.1, 0.15) is 0 Å². The van der Waals surface area contributed by atoms with Crippen LogP contribution in [0.1, 0.15) is 22.3 Å². The van der Waals surface area contributed by atoms with Crippen molar-refractivity contribution in [3.8, 4) is 0 Å². The molecule has 0 saturated carbocycles. The molecule has 1 aromatic carbocycles. The van der Waals surface area contributed by atoms with Gasteiger partial charge in [-0.3, -0.25) is 4.79 Å². The number of halogens is 1. The third-order valence-electron chi connectivity index (χ3n) is 2.35. The highest BCUT2D eigenvalue weighted by atomic mass is 35.5. The maximum Gasteiger partial charge on any atom is 0.190 e. The van der Waals surface area contributed by atoms with Gasteiger partial charge in [0, 0.05) is 16.7 Å². The van der Waals surface area contributed by atoms with Gasteiger partial charge >= 0.3 is 0 Å². The molecule has 0 amide bonds. The highest BCUT2D eigenvalue weighted by Crippen LogP contribution is 2.24. The van der Waals surface area contributed by atoms with E-state index in [4.69, 9.17) is 11.6 Å². The van der Waals surface area contributed by atoms with Crippen molar-refractivity contribution in [3.63, 3.8) is 0 Å². The number of aryl methyl sites for hydroxylation is 1. The van der Waals surface area contributed by atoms with Gasteiger partial charge in [0.05, 0.1) is 0 Å². The van der Waals surface area contributed by atoms with Crippen molar-refractivity contribution in [1.29, 1.82) is 0 Å². The second-order valence-corrected chi connectivity index (χ2v) is 3.34. The molecule has 66 valence electrons. The normalized spacial score (nSPS) is 18.8. The SMILES string of the molecule is O=C1/C(=C\Cl)CCc2ccccc21. The highest BCUT2D eigenvalue weighted by molar-refractivity contribution is 6.29. The molecule has 0 aliphatic heterocycles. The molecule has 1 aliphatic carbocycles. The molecule has 1 nitrogen and oxygen atoms in total. The molecule has 0 saturated heterocycles. The molecule has 1 aromatic rings. The van der Waals surface area contributed by atoms with Gasteiger partial charge in [0.2, 0.25) is 0 Å². The minimum Gasteiger partial charge on any atom is -0.289 e. The van der Waals surface area contributed by atoms with Gasteiger partial charge in [-0.15, -0.1) is 0 Å². The molecule has 13 heavy (non-hydrogen) atoms. The standard InChI is InChI=1S/C11H9ClO/c12-7-9-6-5-8-3-1-2-4-10(8)11(9)13/h1-4,7H,5-6H2/b9-7-. The van der Waals surface area contributed by atoms with Gasteiger partial charge < -0.3 is 0 Å². The van der Waals surface area contributed by atoms with Crippen LogP contribution in [0.3, 0.4) is 0 Å². The largest absolute Gasteiger partial charge is 0.289 e. The van der Waals surface area contributed by atoms with E-state index < -0.39 is 0 Å². The Morgan fingerprint density at radius 1 is 1.23 bits per heavy atom. The van der Waals surface area contributed by atoms with Crippen LogP contribution in [0, 0.1) is 0 Å². The van der Waals surface area contributed by atoms with Crippen molar-refractivity contribution in [2.45, 2.75) is 12.8 Å². The first kappa shape index (κ1) is 8.52. The summed E-state index contributed by atoms with van der Waals surface area (Å²) in [5.41, 5.74) is 4.06. The molecule has 0 fully saturated rings. The summed E-state index contributed by atoms with van der Waals surface area (Å²) in [5, 5.41) is 0. The second-order valence-electron chi connectivity index (χ2n) is 3.12. The number of carbonyl (C=O) groups excluding carboxylic acids is 1. The van der Waals surface area contributed by atoms with Crippen LogP contribution in [0.5, 0.6) is 0 Å². The lowest BCUT2D eigenvalue weighted by Crippen LogP contribution is -2.13. The molecule has 0 unspecified atom stereocenters. The molecule has 0 spiro atoms. The summed E-state index contributed by atoms with van der Waals surface area (Å²) in [5.74, 6) is 0.0804. The van der Waals surface area contributed by atoms with Crippen LogP contribution in [0.2, 0.25) is 0 Å². The van der Waals surface area contributed by atoms with E-state index in [0.29, 0.717) is 0 Å². The average Bonchev–Trinajstić information content (AvgIpc) is 2.19. The zero-order chi connectivity index (χ0) is 9.26. The summed E-state index contributed by atoms with van der Waals surface area (Å²) in [4.78, 5) is 11.7. The van der Waals surface area contributed by atoms with Crippen LogP contribution in [-0.2, 0) is 6.42 Å². The summed E-state index contributed by atoms with van der Waals surface area (Å²) in [6, 6.07) is 7.70. The third kappa shape index (κ3) is 1.40. The molecule has 1 aliphatic rings. The summed E-state index contributed by atoms with van der Waals surface area (Å²) in [7, 11) is 0. The smallest absolute Gasteiger partial charge is 0.190 e. The van der Waals surface area contributed by atoms with E-state index in [-0.39, 0.29) is 5.78 Å². The molecular weight excluding hydrogens is 184 g/mol. The van der Waals surface area contributed by atoms with E-state index in [2.05, 4.69) is 0 Å². The van der Waals surface area contributed by atoms with Gasteiger partial charge in [0.25, 0.3) is 0 Å². The Bertz CT molecular complexity index is 379. The number of carbonyl (C=O) groups is 1. The van der Waals surface area contributed by atoms with E-state index in [9.17, 15) is 4.79 Å². The lowest BCUT2D eigenvalue weighted by atomic mass is 9.88. The van der Waals surface area contributed by atoms with Crippen LogP contribution < -0.4 is 0 Å². The molecule has 2 heteroatoms. The fourth-order valence-corrected chi connectivity index (χ4v) is 1.83. The van der Waals surface area contributed by atoms with E-state index in [1.807, 2.05) is 24.3 Å². The van der Waals surface area contributed by atoms with Crippen molar-refractivity contribution in [2.24, 2.45) is 0 Å². The summed E-state index contributed by atoms with van der Waals surface area (Å²) < 4.78 is 0. The average molecular weight is 193 g/mol. The van der Waals surface area contributed by atoms with Crippen LogP contribution in [0.4, 0.5) is 0 Å². The second kappa shape index (κ2) is 3.35. The zero-order valence-electron chi connectivity index (χ0n) is 7.09. The first-order chi connectivity index (χ1) is 6.33. The maximum atomic E-state index is 11.7. The predicted molar refractivity (Wildman–Crippen MR) is 53.0 cm³/mol. The van der Waals surface area contributed by atoms with Crippen molar-refractivity contribution < 1.29 is 4.79 Å². The molecule has 0 aromatic heterocycles. The Morgan fingerprint density at radius 3 is 2.77 bits per heavy atom. The number of hydrogen-bond acceptors (Lipinski definition) is 1. The van der Waals surface area contributed by atoms with Crippen molar-refractivity contribution in [2.75, 3.05) is 0 Å². The Morgan fingerprint density at radius 2 is 2.00 bits per heavy atom. The Labute approximate surface area is 82.0 Å². The molecule has 0 atom stereocenters. The fourth-order valence-electron chi connectivity index (χ4n) is 1.62. The molecule has 0 N–H and O–H groups in total. The summed E-state index contributed by atoms with van der Waals surface area (Å²) >= 11 is 5.56. The minimum atomic E-state index is 0.0804. The maximum absolute atomic E-state index is 11.7. The minimum absolute atomic E-state index is 0.0804. The number of hydrogen-bond donors (Lipinski definition) is 0. The molecule has 0 bridgehead atoms. The Balaban J connectivity index is 2.51. The monoisotopic (exact) mass is 192 g/mol. The van der Waals surface area contributed by atoms with Gasteiger partial charge in [-0.1, -0.05) is 35.9 Å². The number of ketones is 1. The number of Topliss-reactive ketones (excluding diaryl/α,β-unsaturated/α-hetero) is 1. The van der Waals surface area contributed by atoms with E-state index >= 15 is 0 Å². The van der Waals surface area contributed by atoms with Crippen LogP contribution in [-0.4, -0.2) is 5.78 Å². The lowest BCUT2D eigenvalue weighted by molar-refractivity contribution is 0.102. The van der Waals surface area contributed by atoms with E-state index in [1.165, 1.54) is 5.54 Å². The quantitative estimate of drug-likeness (QED) is 0.578. The van der Waals surface area contributed by atoms with Gasteiger partial charge in [-0.2, -0.15) is 0 Å². The van der Waals surface area contributed by atoms with Crippen molar-refractivity contribution >= 4 is 17.4 Å². The highest BCUT2D eigenvalue weighted by Gasteiger charge is 2.20. The van der Waals surface area contributed by atoms with Gasteiger partial charge in [0.15, 0.2) is 5.78 Å². The molecular formula is C11H9ClO. The molecule has 2 rings (SSSR count).